The highest BCUT2D eigenvalue weighted by Gasteiger charge is 2.54. The number of ether oxygens (including phenoxy) is 10. The Labute approximate surface area is 702 Å². The lowest BCUT2D eigenvalue weighted by Crippen LogP contribution is -2.50. The molecule has 0 saturated carbocycles. The Hall–Kier alpha value is -8.25. The first-order valence-corrected chi connectivity index (χ1v) is 42.1. The Morgan fingerprint density at radius 1 is 0.458 bits per heavy atom. The molecule has 11 saturated heterocycles. The van der Waals surface area contributed by atoms with Crippen LogP contribution in [0.15, 0.2) is 108 Å². The SMILES string of the molecule is CC(/C=C/[C@@H]1C[C@]2(CO2)C[C@@H](CC(=O)O)O1)=C\C[C@@H]1O[C@H](C)[C@H](NC(=O)/C=C\[C@H](C)O)C[C@@H]1C.CC(/C=C/[C@@H]1C[C@]2(CO2)C[C@@H](CC(=O)ON2C(=O)CCC2=O)O1)=C\C[C@@H]1O[C@H](C)[C@H](NC(=O)/C=C\[C@H](C)O)C[C@@H]1C.CC(=O)O[C@@H](C)/C=C\C(=O)N[C@@H]1C[C@H](C)[C@H](C/C=C(C)/C=C/[C@@H]2C[C@]3(CO3)C[C@@H](CC(=O)O)O2)O[C@@H]1C.O=C1CCC(=O)N1O. The molecule has 0 aromatic heterocycles. The number of esters is 1. The zero-order valence-corrected chi connectivity index (χ0v) is 71.5. The lowest BCUT2D eigenvalue weighted by Gasteiger charge is -2.39. The molecule has 24 atom stereocenters. The Bertz CT molecular complexity index is 3830. The maximum atomic E-state index is 12.4. The van der Waals surface area contributed by atoms with E-state index in [0.717, 1.165) is 68.1 Å². The van der Waals surface area contributed by atoms with Crippen molar-refractivity contribution in [3.63, 3.8) is 0 Å². The number of nitrogens with one attached hydrogen (secondary N) is 3. The normalized spacial score (nSPS) is 34.6. The summed E-state index contributed by atoms with van der Waals surface area (Å²) in [7, 11) is 0. The molecule has 0 aromatic rings. The molecule has 0 radical (unpaired) electrons. The fraction of sp³-hybridized carbons (Fsp3) is 0.670. The molecule has 0 bridgehead atoms. The second kappa shape index (κ2) is 45.2. The molecule has 666 valence electrons. The molecule has 120 heavy (non-hydrogen) atoms. The number of nitrogens with zero attached hydrogens (tertiary/aromatic N) is 2. The van der Waals surface area contributed by atoms with Gasteiger partial charge in [0.2, 0.25) is 17.7 Å². The number of epoxide rings is 3. The number of carbonyl (C=O) groups is 11. The number of rotatable bonds is 29. The van der Waals surface area contributed by atoms with Crippen molar-refractivity contribution >= 4 is 65.2 Å². The third kappa shape index (κ3) is 32.5. The van der Waals surface area contributed by atoms with E-state index in [1.165, 1.54) is 37.3 Å². The van der Waals surface area contributed by atoms with Gasteiger partial charge in [0, 0.05) is 89.4 Å². The summed E-state index contributed by atoms with van der Waals surface area (Å²) in [6.07, 6.45) is 32.3. The van der Waals surface area contributed by atoms with Gasteiger partial charge in [-0.1, -0.05) is 104 Å². The van der Waals surface area contributed by atoms with E-state index in [-0.39, 0.29) is 194 Å². The van der Waals surface area contributed by atoms with Crippen molar-refractivity contribution in [3.05, 3.63) is 108 Å². The number of hydrogen-bond acceptors (Lipinski definition) is 25. The number of amides is 7. The minimum atomic E-state index is -0.857. The first-order chi connectivity index (χ1) is 56.6. The molecule has 0 unspecified atom stereocenters. The van der Waals surface area contributed by atoms with Crippen LogP contribution in [0.25, 0.3) is 0 Å². The van der Waals surface area contributed by atoms with Crippen LogP contribution in [0.3, 0.4) is 0 Å². The monoisotopic (exact) mass is 1690 g/mol. The molecule has 11 rings (SSSR count). The largest absolute Gasteiger partial charge is 0.481 e. The van der Waals surface area contributed by atoms with Crippen LogP contribution in [0.5, 0.6) is 0 Å². The van der Waals surface area contributed by atoms with Crippen molar-refractivity contribution in [1.29, 1.82) is 0 Å². The van der Waals surface area contributed by atoms with Gasteiger partial charge in [0.1, 0.15) is 6.10 Å². The van der Waals surface area contributed by atoms with E-state index < -0.39 is 66.0 Å². The number of carbonyl (C=O) groups excluding carboxylic acids is 9. The van der Waals surface area contributed by atoms with Gasteiger partial charge in [-0.05, 0) is 125 Å². The molecule has 8 N–H and O–H groups in total. The van der Waals surface area contributed by atoms with Crippen LogP contribution in [0.4, 0.5) is 0 Å². The highest BCUT2D eigenvalue weighted by molar-refractivity contribution is 6.02. The van der Waals surface area contributed by atoms with E-state index in [4.69, 9.17) is 67.6 Å². The maximum absolute atomic E-state index is 12.4. The van der Waals surface area contributed by atoms with E-state index in [9.17, 15) is 63.0 Å². The van der Waals surface area contributed by atoms with Crippen molar-refractivity contribution in [2.24, 2.45) is 17.8 Å². The van der Waals surface area contributed by atoms with E-state index in [0.29, 0.717) is 50.6 Å². The summed E-state index contributed by atoms with van der Waals surface area (Å²) >= 11 is 0. The first-order valence-electron chi connectivity index (χ1n) is 42.1. The van der Waals surface area contributed by atoms with Crippen LogP contribution in [0, 0.1) is 17.8 Å². The summed E-state index contributed by atoms with van der Waals surface area (Å²) in [5.74, 6) is -4.72. The van der Waals surface area contributed by atoms with Crippen molar-refractivity contribution in [3.8, 4) is 0 Å². The Morgan fingerprint density at radius 2 is 0.767 bits per heavy atom. The van der Waals surface area contributed by atoms with Crippen LogP contribution < -0.4 is 16.0 Å². The number of hydrogen-bond donors (Lipinski definition) is 8. The van der Waals surface area contributed by atoms with E-state index in [2.05, 4.69) is 54.9 Å². The molecule has 0 aromatic carbocycles. The van der Waals surface area contributed by atoms with Gasteiger partial charge in [-0.3, -0.25) is 53.2 Å². The third-order valence-corrected chi connectivity index (χ3v) is 23.0. The van der Waals surface area contributed by atoms with Gasteiger partial charge in [0.05, 0.1) is 159 Å². The van der Waals surface area contributed by atoms with Crippen LogP contribution in [0.1, 0.15) is 212 Å². The highest BCUT2D eigenvalue weighted by atomic mass is 16.7. The van der Waals surface area contributed by atoms with Gasteiger partial charge < -0.3 is 88.6 Å². The molecule has 11 heterocycles. The molecule has 11 fully saturated rings. The zero-order chi connectivity index (χ0) is 87.9. The predicted octanol–water partition coefficient (Wildman–Crippen LogP) is 8.33. The number of aliphatic hydroxyl groups is 2. The zero-order valence-electron chi connectivity index (χ0n) is 71.5. The van der Waals surface area contributed by atoms with Crippen molar-refractivity contribution in [1.82, 2.24) is 26.1 Å². The van der Waals surface area contributed by atoms with Gasteiger partial charge in [-0.2, -0.15) is 5.06 Å². The van der Waals surface area contributed by atoms with Gasteiger partial charge in [-0.15, -0.1) is 5.06 Å². The van der Waals surface area contributed by atoms with Crippen molar-refractivity contribution < 1.29 is 131 Å². The second-order valence-electron chi connectivity index (χ2n) is 34.2. The number of allylic oxidation sites excluding steroid dienone is 6. The van der Waals surface area contributed by atoms with Gasteiger partial charge >= 0.3 is 23.9 Å². The van der Waals surface area contributed by atoms with E-state index in [1.54, 1.807) is 26.8 Å². The summed E-state index contributed by atoms with van der Waals surface area (Å²) in [4.78, 5) is 131. The fourth-order valence-corrected chi connectivity index (χ4v) is 16.0. The Morgan fingerprint density at radius 3 is 1.05 bits per heavy atom. The fourth-order valence-electron chi connectivity index (χ4n) is 16.0. The molecule has 32 nitrogen and oxygen atoms in total. The molecular weight excluding hydrogens is 1560 g/mol. The molecule has 32 heteroatoms. The minimum Gasteiger partial charge on any atom is -0.481 e. The molecule has 0 aliphatic carbocycles. The smallest absolute Gasteiger partial charge is 0.335 e. The second-order valence-corrected chi connectivity index (χ2v) is 34.2. The van der Waals surface area contributed by atoms with E-state index in [1.807, 2.05) is 78.0 Å². The maximum Gasteiger partial charge on any atom is 0.335 e. The number of aliphatic hydroxyl groups excluding tert-OH is 2. The first kappa shape index (κ1) is 97.2. The number of aliphatic carboxylic acids is 2. The number of hydroxylamine groups is 4. The lowest BCUT2D eigenvalue weighted by atomic mass is 9.88. The van der Waals surface area contributed by atoms with E-state index >= 15 is 0 Å². The molecule has 11 aliphatic rings. The quantitative estimate of drug-likeness (QED) is 0.00870. The number of carboxylic acids is 2. The lowest BCUT2D eigenvalue weighted by molar-refractivity contribution is -0.200. The Kier molecular flexibility index (Phi) is 36.6. The van der Waals surface area contributed by atoms with Gasteiger partial charge in [0.15, 0.2) is 0 Å². The third-order valence-electron chi connectivity index (χ3n) is 23.0. The summed E-state index contributed by atoms with van der Waals surface area (Å²) in [5.41, 5.74) is 2.50. The minimum absolute atomic E-state index is 0.00233. The topological polar surface area (TPSA) is 443 Å². The molecular formula is C88H127N5O27. The summed E-state index contributed by atoms with van der Waals surface area (Å²) in [6.45, 7) is 26.5. The number of carboxylic acid groups (broad SMARTS) is 2. The van der Waals surface area contributed by atoms with Crippen LogP contribution >= 0.6 is 0 Å². The average molecular weight is 1690 g/mol. The summed E-state index contributed by atoms with van der Waals surface area (Å²) < 4.78 is 58.7. The van der Waals surface area contributed by atoms with Gasteiger partial charge in [-0.25, -0.2) is 4.79 Å². The van der Waals surface area contributed by atoms with Crippen LogP contribution in [0.2, 0.25) is 0 Å². The number of imide groups is 2. The average Bonchev–Trinajstić information content (AvgIpc) is 1.63. The molecule has 3 spiro atoms. The highest BCUT2D eigenvalue weighted by Crippen LogP contribution is 2.46. The van der Waals surface area contributed by atoms with Crippen LogP contribution in [-0.2, 0) is 105 Å². The summed E-state index contributed by atoms with van der Waals surface area (Å²) in [6, 6.07) is -0.266. The molecule has 11 aliphatic heterocycles. The van der Waals surface area contributed by atoms with Gasteiger partial charge in [0.25, 0.3) is 23.6 Å². The van der Waals surface area contributed by atoms with Crippen LogP contribution in [-0.4, -0.2) is 247 Å². The summed E-state index contributed by atoms with van der Waals surface area (Å²) in [5, 5.41) is 54.9. The standard InChI is InChI=1S/C30H42N2O9.C28H41NO8.C26H39NO7.C4H5NO3/c1-18(6-9-25-19(2)13-24(21(4)39-25)31-26(34)10-7-20(3)33)5-8-22-15-30(17-38-30)16-23(40-22)14-29(37)41-32-27(35)11-12-28(32)36;1-17(6-9-22-14-28(16-34-28)15-23(37-22)13-27(32)33)7-10-25-18(2)12-24(20(4)36-25)29-26(31)11-8-19(3)35-21(5)30;1-16(5-8-20-13-26(15-32-26)14-21(34-20)12-25(30)31)6-9-23-17(2)11-22(19(4)33-23)27-24(29)10-7-18(3)28;6-3-1-2-4(7)5(3)8/h5-8,10,19-25,33H,9,11-17H2,1-4H3,(H,31,34);6-9,11,18-20,22-25H,10,12-16H2,1-5H3,(H,29,31)(H,32,33);5-8,10,17-23,28H,9,11-15H2,1-4H3,(H,27,29)(H,30,31);8H,1-2H2/b8-5+,10-7-,18-6+;9-6+,11-8-,17-7+;8-5+,10-7-,16-6+;/t19-,20-,21+,22+,23+,24+,25-,30+;18-,19-,20+,22+,23+,24+,25-,28+;17-,18-,19+,20+,21+,22+,23-,26+;/m000./s1. The molecule has 7 amide bonds. The Balaban J connectivity index is 0.000000214. The van der Waals surface area contributed by atoms with Crippen molar-refractivity contribution in [2.75, 3.05) is 19.8 Å². The predicted molar refractivity (Wildman–Crippen MR) is 434 cm³/mol. The van der Waals surface area contributed by atoms with Crippen molar-refractivity contribution in [2.45, 2.75) is 338 Å².